The quantitative estimate of drug-likeness (QED) is 0.593. The van der Waals surface area contributed by atoms with Crippen LogP contribution in [-0.4, -0.2) is 17.6 Å². The van der Waals surface area contributed by atoms with Crippen molar-refractivity contribution in [2.45, 2.75) is 19.8 Å². The van der Waals surface area contributed by atoms with Crippen LogP contribution in [-0.2, 0) is 4.79 Å². The second-order valence-electron chi connectivity index (χ2n) is 5.27. The lowest BCUT2D eigenvalue weighted by Gasteiger charge is -2.10. The monoisotopic (exact) mass is 362 g/mol. The molecule has 1 amide bonds. The number of thiocarbonyl (C=S) groups is 1. The Morgan fingerprint density at radius 3 is 2.46 bits per heavy atom. The van der Waals surface area contributed by atoms with Gasteiger partial charge in [0.05, 0.1) is 6.61 Å². The second kappa shape index (κ2) is 9.25. The molecular formula is C18H19ClN2O2S. The molecule has 0 spiro atoms. The number of nitrogens with one attached hydrogen (secondary N) is 2. The molecule has 2 N–H and O–H groups in total. The molecule has 0 fully saturated rings. The lowest BCUT2D eigenvalue weighted by atomic mass is 10.2. The van der Waals surface area contributed by atoms with E-state index in [2.05, 4.69) is 10.6 Å². The SMILES string of the molecule is Cc1ccc(OCCCC(=O)NC(=S)Nc2ccc(Cl)cc2)cc1. The molecule has 4 nitrogen and oxygen atoms in total. The van der Waals surface area contributed by atoms with E-state index in [0.717, 1.165) is 11.4 Å². The Bertz CT molecular complexity index is 687. The van der Waals surface area contributed by atoms with E-state index in [1.54, 1.807) is 24.3 Å². The number of halogens is 1. The largest absolute Gasteiger partial charge is 0.494 e. The molecule has 0 aromatic heterocycles. The van der Waals surface area contributed by atoms with Gasteiger partial charge in [-0.25, -0.2) is 0 Å². The number of carbonyl (C=O) groups is 1. The molecule has 0 bridgehead atoms. The molecule has 2 aromatic carbocycles. The van der Waals surface area contributed by atoms with Crippen LogP contribution in [0.2, 0.25) is 5.02 Å². The van der Waals surface area contributed by atoms with Crippen molar-refractivity contribution >= 4 is 40.5 Å². The number of ether oxygens (including phenoxy) is 1. The molecule has 6 heteroatoms. The summed E-state index contributed by atoms with van der Waals surface area (Å²) < 4.78 is 5.58. The summed E-state index contributed by atoms with van der Waals surface area (Å²) in [5.41, 5.74) is 1.95. The Balaban J connectivity index is 1.64. The number of hydrogen-bond acceptors (Lipinski definition) is 3. The van der Waals surface area contributed by atoms with Gasteiger partial charge in [0.25, 0.3) is 0 Å². The summed E-state index contributed by atoms with van der Waals surface area (Å²) in [5.74, 6) is 0.662. The predicted octanol–water partition coefficient (Wildman–Crippen LogP) is 4.32. The minimum atomic E-state index is -0.144. The zero-order valence-electron chi connectivity index (χ0n) is 13.3. The molecule has 0 aliphatic rings. The predicted molar refractivity (Wildman–Crippen MR) is 102 cm³/mol. The van der Waals surface area contributed by atoms with Crippen molar-refractivity contribution in [3.05, 3.63) is 59.1 Å². The first kappa shape index (κ1) is 18.2. The number of carbonyl (C=O) groups excluding carboxylic acids is 1. The van der Waals surface area contributed by atoms with Crippen molar-refractivity contribution in [1.82, 2.24) is 5.32 Å². The van der Waals surface area contributed by atoms with Crippen LogP contribution in [0.3, 0.4) is 0 Å². The van der Waals surface area contributed by atoms with Crippen LogP contribution in [0.5, 0.6) is 5.75 Å². The Hall–Kier alpha value is -2.11. The number of benzene rings is 2. The standard InChI is InChI=1S/C18H19ClN2O2S/c1-13-4-10-16(11-5-13)23-12-2-3-17(22)21-18(24)20-15-8-6-14(19)7-9-15/h4-11H,2-3,12H2,1H3,(H2,20,21,22,24). The van der Waals surface area contributed by atoms with Crippen molar-refractivity contribution < 1.29 is 9.53 Å². The summed E-state index contributed by atoms with van der Waals surface area (Å²) in [7, 11) is 0. The number of hydrogen-bond donors (Lipinski definition) is 2. The minimum absolute atomic E-state index is 0.144. The molecule has 126 valence electrons. The van der Waals surface area contributed by atoms with Crippen molar-refractivity contribution in [3.63, 3.8) is 0 Å². The number of rotatable bonds is 6. The molecule has 0 saturated carbocycles. The number of aryl methyl sites for hydroxylation is 1. The Labute approximate surface area is 152 Å². The van der Waals surface area contributed by atoms with Crippen molar-refractivity contribution in [1.29, 1.82) is 0 Å². The average Bonchev–Trinajstić information content (AvgIpc) is 2.55. The highest BCUT2D eigenvalue weighted by Gasteiger charge is 2.05. The highest BCUT2D eigenvalue weighted by atomic mass is 35.5. The van der Waals surface area contributed by atoms with E-state index in [9.17, 15) is 4.79 Å². The van der Waals surface area contributed by atoms with Crippen LogP contribution in [0.1, 0.15) is 18.4 Å². The topological polar surface area (TPSA) is 50.4 Å². The third-order valence-electron chi connectivity index (χ3n) is 3.19. The molecule has 0 saturated heterocycles. The van der Waals surface area contributed by atoms with E-state index < -0.39 is 0 Å². The van der Waals surface area contributed by atoms with Crippen LogP contribution in [0.15, 0.2) is 48.5 Å². The fraction of sp³-hybridized carbons (Fsp3) is 0.222. The highest BCUT2D eigenvalue weighted by molar-refractivity contribution is 7.80. The molecule has 0 radical (unpaired) electrons. The molecule has 2 rings (SSSR count). The summed E-state index contributed by atoms with van der Waals surface area (Å²) in [6.45, 7) is 2.50. The zero-order chi connectivity index (χ0) is 17.4. The van der Waals surface area contributed by atoms with E-state index in [1.807, 2.05) is 31.2 Å². The van der Waals surface area contributed by atoms with E-state index in [-0.39, 0.29) is 11.0 Å². The average molecular weight is 363 g/mol. The highest BCUT2D eigenvalue weighted by Crippen LogP contribution is 2.13. The van der Waals surface area contributed by atoms with Gasteiger partial charge in [0.1, 0.15) is 5.75 Å². The summed E-state index contributed by atoms with van der Waals surface area (Å²) in [4.78, 5) is 11.8. The van der Waals surface area contributed by atoms with Crippen LogP contribution >= 0.6 is 23.8 Å². The van der Waals surface area contributed by atoms with Gasteiger partial charge in [-0.15, -0.1) is 0 Å². The normalized spacial score (nSPS) is 10.1. The van der Waals surface area contributed by atoms with Gasteiger partial charge in [-0.2, -0.15) is 0 Å². The Kier molecular flexibility index (Phi) is 7.03. The van der Waals surface area contributed by atoms with Gasteiger partial charge >= 0.3 is 0 Å². The minimum Gasteiger partial charge on any atom is -0.494 e. The summed E-state index contributed by atoms with van der Waals surface area (Å²) in [6, 6.07) is 14.9. The van der Waals surface area contributed by atoms with Crippen LogP contribution in [0, 0.1) is 6.92 Å². The molecule has 24 heavy (non-hydrogen) atoms. The summed E-state index contributed by atoms with van der Waals surface area (Å²) >= 11 is 10.9. The van der Waals surface area contributed by atoms with Gasteiger partial charge < -0.3 is 15.4 Å². The van der Waals surface area contributed by atoms with Crippen LogP contribution < -0.4 is 15.4 Å². The van der Waals surface area contributed by atoms with E-state index in [4.69, 9.17) is 28.6 Å². The lowest BCUT2D eigenvalue weighted by molar-refractivity contribution is -0.119. The summed E-state index contributed by atoms with van der Waals surface area (Å²) in [5, 5.41) is 6.48. The van der Waals surface area contributed by atoms with Crippen LogP contribution in [0.4, 0.5) is 5.69 Å². The Morgan fingerprint density at radius 1 is 1.12 bits per heavy atom. The maximum atomic E-state index is 11.8. The lowest BCUT2D eigenvalue weighted by Crippen LogP contribution is -2.34. The van der Waals surface area contributed by atoms with Gasteiger partial charge in [-0.05, 0) is 62.0 Å². The number of amides is 1. The molecule has 0 atom stereocenters. The zero-order valence-corrected chi connectivity index (χ0v) is 14.9. The fourth-order valence-electron chi connectivity index (χ4n) is 1.94. The van der Waals surface area contributed by atoms with Crippen molar-refractivity contribution in [3.8, 4) is 5.75 Å². The maximum absolute atomic E-state index is 11.8. The van der Waals surface area contributed by atoms with Crippen LogP contribution in [0.25, 0.3) is 0 Å². The first-order chi connectivity index (χ1) is 11.5. The molecule has 0 aliphatic heterocycles. The van der Waals surface area contributed by atoms with Gasteiger partial charge in [0.2, 0.25) is 5.91 Å². The molecule has 0 aliphatic carbocycles. The molecule has 0 heterocycles. The first-order valence-corrected chi connectivity index (χ1v) is 8.37. The first-order valence-electron chi connectivity index (χ1n) is 7.59. The molecular weight excluding hydrogens is 344 g/mol. The molecule has 0 unspecified atom stereocenters. The third-order valence-corrected chi connectivity index (χ3v) is 3.65. The van der Waals surface area contributed by atoms with E-state index in [1.165, 1.54) is 5.56 Å². The van der Waals surface area contributed by atoms with Gasteiger partial charge in [-0.1, -0.05) is 29.3 Å². The van der Waals surface area contributed by atoms with Gasteiger partial charge in [-0.3, -0.25) is 4.79 Å². The Morgan fingerprint density at radius 2 is 1.79 bits per heavy atom. The van der Waals surface area contributed by atoms with E-state index in [0.29, 0.717) is 24.5 Å². The fourth-order valence-corrected chi connectivity index (χ4v) is 2.30. The summed E-state index contributed by atoms with van der Waals surface area (Å²) in [6.07, 6.45) is 0.956. The smallest absolute Gasteiger partial charge is 0.226 e. The van der Waals surface area contributed by atoms with Gasteiger partial charge in [0.15, 0.2) is 5.11 Å². The molecule has 2 aromatic rings. The maximum Gasteiger partial charge on any atom is 0.226 e. The van der Waals surface area contributed by atoms with E-state index >= 15 is 0 Å². The second-order valence-corrected chi connectivity index (χ2v) is 6.12. The van der Waals surface area contributed by atoms with Crippen molar-refractivity contribution in [2.75, 3.05) is 11.9 Å². The third kappa shape index (κ3) is 6.56. The van der Waals surface area contributed by atoms with Gasteiger partial charge in [0, 0.05) is 17.1 Å². The number of anilines is 1. The van der Waals surface area contributed by atoms with Crippen molar-refractivity contribution in [2.24, 2.45) is 0 Å².